The number of aromatic carboxylic acids is 1. The Morgan fingerprint density at radius 3 is 2.53 bits per heavy atom. The van der Waals surface area contributed by atoms with Gasteiger partial charge in [0.05, 0.1) is 5.56 Å². The third-order valence-electron chi connectivity index (χ3n) is 3.58. The van der Waals surface area contributed by atoms with Gasteiger partial charge in [-0.3, -0.25) is 4.79 Å². The summed E-state index contributed by atoms with van der Waals surface area (Å²) in [6.45, 7) is 2.13. The van der Waals surface area contributed by atoms with Gasteiger partial charge in [0, 0.05) is 16.1 Å². The van der Waals surface area contributed by atoms with Crippen LogP contribution in [0.3, 0.4) is 0 Å². The third kappa shape index (κ3) is 3.35. The Hall–Kier alpha value is -1.36. The van der Waals surface area contributed by atoms with Crippen LogP contribution in [0.15, 0.2) is 22.7 Å². The molecule has 1 aromatic carbocycles. The summed E-state index contributed by atoms with van der Waals surface area (Å²) in [6.07, 6.45) is 3.25. The van der Waals surface area contributed by atoms with Gasteiger partial charge in [-0.15, -0.1) is 0 Å². The fourth-order valence-corrected chi connectivity index (χ4v) is 2.95. The van der Waals surface area contributed by atoms with E-state index in [2.05, 4.69) is 28.2 Å². The molecule has 0 aromatic heterocycles. The summed E-state index contributed by atoms with van der Waals surface area (Å²) in [5.74, 6) is -0.762. The van der Waals surface area contributed by atoms with Crippen molar-refractivity contribution in [3.05, 3.63) is 33.8 Å². The lowest BCUT2D eigenvalue weighted by Crippen LogP contribution is -2.36. The Morgan fingerprint density at radius 1 is 1.26 bits per heavy atom. The van der Waals surface area contributed by atoms with Crippen molar-refractivity contribution in [2.24, 2.45) is 5.92 Å². The molecule has 2 atom stereocenters. The zero-order valence-electron chi connectivity index (χ0n) is 10.6. The molecule has 19 heavy (non-hydrogen) atoms. The maximum atomic E-state index is 12.1. The van der Waals surface area contributed by atoms with Crippen LogP contribution in [0.2, 0.25) is 0 Å². The number of carboxylic acid groups (broad SMARTS) is 1. The first-order valence-corrected chi connectivity index (χ1v) is 7.11. The molecule has 0 bridgehead atoms. The minimum absolute atomic E-state index is 0.110. The van der Waals surface area contributed by atoms with Gasteiger partial charge in [0.2, 0.25) is 0 Å². The summed E-state index contributed by atoms with van der Waals surface area (Å²) >= 11 is 3.23. The van der Waals surface area contributed by atoms with E-state index in [1.54, 1.807) is 6.07 Å². The van der Waals surface area contributed by atoms with Crippen molar-refractivity contribution in [1.29, 1.82) is 0 Å². The minimum atomic E-state index is -1.04. The molecule has 4 nitrogen and oxygen atoms in total. The molecule has 1 aliphatic carbocycles. The number of hydrogen-bond acceptors (Lipinski definition) is 2. The molecular formula is C14H16BrNO3. The number of carboxylic acids is 1. The fourth-order valence-electron chi connectivity index (χ4n) is 2.46. The highest BCUT2D eigenvalue weighted by Crippen LogP contribution is 2.25. The number of halogens is 1. The second kappa shape index (κ2) is 5.74. The average Bonchev–Trinajstić information content (AvgIpc) is 2.74. The van der Waals surface area contributed by atoms with E-state index >= 15 is 0 Å². The van der Waals surface area contributed by atoms with Gasteiger partial charge in [-0.05, 0) is 37.0 Å². The Morgan fingerprint density at radius 2 is 1.95 bits per heavy atom. The first kappa shape index (κ1) is 14.1. The van der Waals surface area contributed by atoms with E-state index in [9.17, 15) is 9.59 Å². The van der Waals surface area contributed by atoms with E-state index in [0.29, 0.717) is 16.0 Å². The molecule has 1 aliphatic rings. The zero-order chi connectivity index (χ0) is 14.0. The van der Waals surface area contributed by atoms with Gasteiger partial charge >= 0.3 is 5.97 Å². The second-order valence-corrected chi connectivity index (χ2v) is 5.94. The molecule has 0 spiro atoms. The number of carbonyl (C=O) groups excluding carboxylic acids is 1. The second-order valence-electron chi connectivity index (χ2n) is 5.02. The van der Waals surface area contributed by atoms with Crippen LogP contribution < -0.4 is 5.32 Å². The Bertz CT molecular complexity index is 515. The number of carbonyl (C=O) groups is 2. The Labute approximate surface area is 120 Å². The molecule has 1 amide bonds. The van der Waals surface area contributed by atoms with Crippen LogP contribution in [0.5, 0.6) is 0 Å². The van der Waals surface area contributed by atoms with Gasteiger partial charge in [0.25, 0.3) is 5.91 Å². The predicted octanol–water partition coefficient (Wildman–Crippen LogP) is 3.07. The molecule has 0 heterocycles. The van der Waals surface area contributed by atoms with Crippen LogP contribution in [0, 0.1) is 5.92 Å². The molecule has 2 rings (SSSR count). The first-order valence-electron chi connectivity index (χ1n) is 6.32. The molecule has 0 saturated heterocycles. The van der Waals surface area contributed by atoms with Gasteiger partial charge in [0.1, 0.15) is 0 Å². The first-order chi connectivity index (χ1) is 8.97. The molecule has 0 radical (unpaired) electrons. The van der Waals surface area contributed by atoms with E-state index in [1.165, 1.54) is 12.1 Å². The van der Waals surface area contributed by atoms with Crippen molar-refractivity contribution >= 4 is 27.8 Å². The number of rotatable bonds is 3. The van der Waals surface area contributed by atoms with Crippen LogP contribution in [-0.2, 0) is 0 Å². The van der Waals surface area contributed by atoms with E-state index in [0.717, 1.165) is 19.3 Å². The molecule has 5 heteroatoms. The van der Waals surface area contributed by atoms with E-state index in [4.69, 9.17) is 5.11 Å². The number of hydrogen-bond donors (Lipinski definition) is 2. The highest BCUT2D eigenvalue weighted by atomic mass is 79.9. The third-order valence-corrected chi connectivity index (χ3v) is 4.04. The predicted molar refractivity (Wildman–Crippen MR) is 75.4 cm³/mol. The van der Waals surface area contributed by atoms with Gasteiger partial charge in [-0.1, -0.05) is 29.3 Å². The van der Waals surface area contributed by atoms with E-state index in [-0.39, 0.29) is 17.5 Å². The molecule has 2 unspecified atom stereocenters. The van der Waals surface area contributed by atoms with Crippen molar-refractivity contribution in [2.75, 3.05) is 0 Å². The standard InChI is InChI=1S/C14H16BrNO3/c1-8-3-2-4-12(8)16-13(17)9-5-10(14(18)19)7-11(15)6-9/h5-8,12H,2-4H2,1H3,(H,16,17)(H,18,19). The molecule has 1 saturated carbocycles. The molecular weight excluding hydrogens is 310 g/mol. The van der Waals surface area contributed by atoms with Crippen molar-refractivity contribution in [3.8, 4) is 0 Å². The zero-order valence-corrected chi connectivity index (χ0v) is 12.2. The molecule has 1 aromatic rings. The van der Waals surface area contributed by atoms with E-state index in [1.807, 2.05) is 0 Å². The lowest BCUT2D eigenvalue weighted by molar-refractivity contribution is 0.0697. The van der Waals surface area contributed by atoms with Crippen LogP contribution in [0.25, 0.3) is 0 Å². The van der Waals surface area contributed by atoms with Gasteiger partial charge in [-0.25, -0.2) is 4.79 Å². The summed E-state index contributed by atoms with van der Waals surface area (Å²) in [5.41, 5.74) is 0.491. The molecule has 1 fully saturated rings. The SMILES string of the molecule is CC1CCCC1NC(=O)c1cc(Br)cc(C(=O)O)c1. The number of amides is 1. The highest BCUT2D eigenvalue weighted by molar-refractivity contribution is 9.10. The quantitative estimate of drug-likeness (QED) is 0.897. The van der Waals surface area contributed by atoms with Crippen molar-refractivity contribution in [3.63, 3.8) is 0 Å². The average molecular weight is 326 g/mol. The highest BCUT2D eigenvalue weighted by Gasteiger charge is 2.25. The summed E-state index contributed by atoms with van der Waals surface area (Å²) in [4.78, 5) is 23.1. The summed E-state index contributed by atoms with van der Waals surface area (Å²) in [6, 6.07) is 4.72. The normalized spacial score (nSPS) is 22.2. The smallest absolute Gasteiger partial charge is 0.335 e. The van der Waals surface area contributed by atoms with Crippen LogP contribution in [0.1, 0.15) is 46.9 Å². The molecule has 0 aliphatic heterocycles. The fraction of sp³-hybridized carbons (Fsp3) is 0.429. The largest absolute Gasteiger partial charge is 0.478 e. The summed E-state index contributed by atoms with van der Waals surface area (Å²) < 4.78 is 0.594. The van der Waals surface area contributed by atoms with Crippen LogP contribution in [0.4, 0.5) is 0 Å². The van der Waals surface area contributed by atoms with Crippen molar-refractivity contribution in [1.82, 2.24) is 5.32 Å². The molecule has 102 valence electrons. The number of nitrogens with one attached hydrogen (secondary N) is 1. The number of benzene rings is 1. The summed E-state index contributed by atoms with van der Waals surface area (Å²) in [7, 11) is 0. The van der Waals surface area contributed by atoms with Crippen LogP contribution in [-0.4, -0.2) is 23.0 Å². The maximum absolute atomic E-state index is 12.1. The van der Waals surface area contributed by atoms with Gasteiger partial charge in [0.15, 0.2) is 0 Å². The van der Waals surface area contributed by atoms with Gasteiger partial charge < -0.3 is 10.4 Å². The van der Waals surface area contributed by atoms with Crippen molar-refractivity contribution < 1.29 is 14.7 Å². The molecule has 2 N–H and O–H groups in total. The van der Waals surface area contributed by atoms with Gasteiger partial charge in [-0.2, -0.15) is 0 Å². The van der Waals surface area contributed by atoms with Crippen molar-refractivity contribution in [2.45, 2.75) is 32.2 Å². The van der Waals surface area contributed by atoms with Crippen LogP contribution >= 0.6 is 15.9 Å². The lowest BCUT2D eigenvalue weighted by atomic mass is 10.1. The topological polar surface area (TPSA) is 66.4 Å². The maximum Gasteiger partial charge on any atom is 0.335 e. The summed E-state index contributed by atoms with van der Waals surface area (Å²) in [5, 5.41) is 12.0. The monoisotopic (exact) mass is 325 g/mol. The Kier molecular flexibility index (Phi) is 4.24. The Balaban J connectivity index is 2.16. The lowest BCUT2D eigenvalue weighted by Gasteiger charge is -2.17. The minimum Gasteiger partial charge on any atom is -0.478 e. The van der Waals surface area contributed by atoms with E-state index < -0.39 is 5.97 Å².